The molecule has 0 aliphatic rings. The normalized spacial score (nSPS) is 13.8. The van der Waals surface area contributed by atoms with E-state index in [1.807, 2.05) is 39.8 Å². The van der Waals surface area contributed by atoms with Crippen LogP contribution in [0, 0.1) is 13.8 Å². The molecule has 0 aliphatic heterocycles. The zero-order valence-corrected chi connectivity index (χ0v) is 13.0. The Morgan fingerprint density at radius 3 is 2.32 bits per heavy atom. The van der Waals surface area contributed by atoms with Crippen LogP contribution in [0.1, 0.15) is 18.1 Å². The van der Waals surface area contributed by atoms with Gasteiger partial charge in [-0.3, -0.25) is 0 Å². The second-order valence-corrected chi connectivity index (χ2v) is 6.87. The van der Waals surface area contributed by atoms with Gasteiger partial charge in [-0.15, -0.1) is 0 Å². The minimum Gasteiger partial charge on any atom is -0.398 e. The number of nitrogen functional groups attached to an aromatic ring is 1. The maximum Gasteiger partial charge on any atom is 0.242 e. The smallest absolute Gasteiger partial charge is 0.242 e. The summed E-state index contributed by atoms with van der Waals surface area (Å²) in [6, 6.07) is 3.43. The first-order valence-corrected chi connectivity index (χ1v) is 7.66. The van der Waals surface area contributed by atoms with Gasteiger partial charge in [0.2, 0.25) is 10.0 Å². The summed E-state index contributed by atoms with van der Waals surface area (Å²) in [6.45, 7) is 6.08. The highest BCUT2D eigenvalue weighted by Crippen LogP contribution is 2.22. The maximum absolute atomic E-state index is 12.2. The van der Waals surface area contributed by atoms with E-state index in [1.54, 1.807) is 12.1 Å². The van der Waals surface area contributed by atoms with Crippen molar-refractivity contribution in [3.05, 3.63) is 23.3 Å². The molecule has 3 N–H and O–H groups in total. The summed E-state index contributed by atoms with van der Waals surface area (Å²) in [5, 5.41) is 0. The number of likely N-dealkylation sites (N-methyl/N-ethyl adjacent to an activating group) is 1. The van der Waals surface area contributed by atoms with Crippen LogP contribution in [-0.2, 0) is 10.0 Å². The summed E-state index contributed by atoms with van der Waals surface area (Å²) < 4.78 is 27.1. The molecule has 0 saturated heterocycles. The van der Waals surface area contributed by atoms with Crippen molar-refractivity contribution < 1.29 is 8.42 Å². The predicted octanol–water partition coefficient (Wildman–Crippen LogP) is 1.11. The molecule has 19 heavy (non-hydrogen) atoms. The second-order valence-electron chi connectivity index (χ2n) is 5.14. The molecule has 1 aromatic carbocycles. The molecule has 0 saturated carbocycles. The molecule has 0 aliphatic carbocycles. The van der Waals surface area contributed by atoms with Crippen LogP contribution in [0.25, 0.3) is 0 Å². The van der Waals surface area contributed by atoms with Crippen LogP contribution in [-0.4, -0.2) is 40.0 Å². The Hall–Kier alpha value is -1.11. The largest absolute Gasteiger partial charge is 0.398 e. The lowest BCUT2D eigenvalue weighted by molar-refractivity contribution is 0.314. The van der Waals surface area contributed by atoms with Crippen LogP contribution in [0.5, 0.6) is 0 Å². The minimum atomic E-state index is -3.56. The third-order valence-electron chi connectivity index (χ3n) is 3.37. The van der Waals surface area contributed by atoms with Crippen LogP contribution in [0.3, 0.4) is 0 Å². The number of benzene rings is 1. The van der Waals surface area contributed by atoms with Crippen LogP contribution in [0.4, 0.5) is 5.69 Å². The van der Waals surface area contributed by atoms with Crippen LogP contribution in [0.2, 0.25) is 0 Å². The number of nitrogens with two attached hydrogens (primary N) is 1. The Morgan fingerprint density at radius 1 is 1.26 bits per heavy atom. The van der Waals surface area contributed by atoms with Gasteiger partial charge in [0.15, 0.2) is 0 Å². The molecule has 1 rings (SSSR count). The third-order valence-corrected chi connectivity index (χ3v) is 4.85. The van der Waals surface area contributed by atoms with E-state index in [0.717, 1.165) is 11.1 Å². The molecule has 0 fully saturated rings. The summed E-state index contributed by atoms with van der Waals surface area (Å²) in [4.78, 5) is 2.10. The van der Waals surface area contributed by atoms with E-state index in [9.17, 15) is 8.42 Å². The SMILES string of the molecule is Cc1cc(N)c(S(=O)(=O)NCC(C)N(C)C)cc1C. The van der Waals surface area contributed by atoms with Crippen molar-refractivity contribution in [2.45, 2.75) is 31.7 Å². The van der Waals surface area contributed by atoms with Crippen LogP contribution in [0.15, 0.2) is 17.0 Å². The Bertz CT molecular complexity index is 553. The third kappa shape index (κ3) is 3.92. The van der Waals surface area contributed by atoms with Crippen molar-refractivity contribution in [1.29, 1.82) is 0 Å². The van der Waals surface area contributed by atoms with Crippen molar-refractivity contribution in [2.24, 2.45) is 0 Å². The molecule has 0 radical (unpaired) electrons. The predicted molar refractivity (Wildman–Crippen MR) is 78.7 cm³/mol. The topological polar surface area (TPSA) is 75.4 Å². The fourth-order valence-electron chi connectivity index (χ4n) is 1.54. The number of anilines is 1. The first kappa shape index (κ1) is 15.9. The lowest BCUT2D eigenvalue weighted by atomic mass is 10.1. The van der Waals surface area contributed by atoms with Gasteiger partial charge in [-0.25, -0.2) is 13.1 Å². The van der Waals surface area contributed by atoms with Gasteiger partial charge in [-0.05, 0) is 58.1 Å². The van der Waals surface area contributed by atoms with Gasteiger partial charge in [-0.2, -0.15) is 0 Å². The average molecular weight is 285 g/mol. The number of aryl methyl sites for hydroxylation is 2. The Labute approximate surface area is 115 Å². The summed E-state index contributed by atoms with van der Waals surface area (Å²) >= 11 is 0. The quantitative estimate of drug-likeness (QED) is 0.795. The molecule has 5 nitrogen and oxygen atoms in total. The van der Waals surface area contributed by atoms with E-state index < -0.39 is 10.0 Å². The van der Waals surface area contributed by atoms with E-state index in [1.165, 1.54) is 0 Å². The molecule has 1 unspecified atom stereocenters. The molecule has 108 valence electrons. The molecule has 0 bridgehead atoms. The van der Waals surface area contributed by atoms with Crippen molar-refractivity contribution in [1.82, 2.24) is 9.62 Å². The molecule has 0 spiro atoms. The monoisotopic (exact) mass is 285 g/mol. The Morgan fingerprint density at radius 2 is 1.79 bits per heavy atom. The minimum absolute atomic E-state index is 0.113. The number of hydrogen-bond acceptors (Lipinski definition) is 4. The number of nitrogens with zero attached hydrogens (tertiary/aromatic N) is 1. The second kappa shape index (κ2) is 5.90. The molecule has 6 heteroatoms. The first-order valence-electron chi connectivity index (χ1n) is 6.18. The first-order chi connectivity index (χ1) is 8.65. The maximum atomic E-state index is 12.2. The Kier molecular flexibility index (Phi) is 4.95. The highest BCUT2D eigenvalue weighted by atomic mass is 32.2. The average Bonchev–Trinajstić information content (AvgIpc) is 2.30. The van der Waals surface area contributed by atoms with Gasteiger partial charge in [0.25, 0.3) is 0 Å². The lowest BCUT2D eigenvalue weighted by Gasteiger charge is -2.20. The van der Waals surface area contributed by atoms with Gasteiger partial charge in [0, 0.05) is 12.6 Å². The number of nitrogens with one attached hydrogen (secondary N) is 1. The van der Waals surface area contributed by atoms with Crippen molar-refractivity contribution in [3.8, 4) is 0 Å². The van der Waals surface area contributed by atoms with E-state index in [0.29, 0.717) is 6.54 Å². The zero-order chi connectivity index (χ0) is 14.8. The summed E-state index contributed by atoms with van der Waals surface area (Å²) in [7, 11) is 0.252. The zero-order valence-electron chi connectivity index (χ0n) is 12.2. The van der Waals surface area contributed by atoms with E-state index in [2.05, 4.69) is 4.72 Å². The molecule has 0 heterocycles. The number of hydrogen-bond donors (Lipinski definition) is 2. The number of rotatable bonds is 5. The fraction of sp³-hybridized carbons (Fsp3) is 0.538. The molecular weight excluding hydrogens is 262 g/mol. The van der Waals surface area contributed by atoms with Gasteiger partial charge in [0.1, 0.15) is 4.90 Å². The summed E-state index contributed by atoms with van der Waals surface area (Å²) in [6.07, 6.45) is 0. The Balaban J connectivity index is 2.98. The van der Waals surface area contributed by atoms with Crippen molar-refractivity contribution in [3.63, 3.8) is 0 Å². The van der Waals surface area contributed by atoms with E-state index >= 15 is 0 Å². The highest BCUT2D eigenvalue weighted by molar-refractivity contribution is 7.89. The summed E-state index contributed by atoms with van der Waals surface area (Å²) in [5.74, 6) is 0. The highest BCUT2D eigenvalue weighted by Gasteiger charge is 2.19. The van der Waals surface area contributed by atoms with Crippen LogP contribution >= 0.6 is 0 Å². The van der Waals surface area contributed by atoms with Gasteiger partial charge in [0.05, 0.1) is 5.69 Å². The standard InChI is InChI=1S/C13H23N3O2S/c1-9-6-12(14)13(7-10(9)2)19(17,18)15-8-11(3)16(4)5/h6-7,11,15H,8,14H2,1-5H3. The van der Waals surface area contributed by atoms with E-state index in [-0.39, 0.29) is 16.6 Å². The fourth-order valence-corrected chi connectivity index (χ4v) is 2.85. The van der Waals surface area contributed by atoms with Crippen LogP contribution < -0.4 is 10.5 Å². The molecular formula is C13H23N3O2S. The number of sulfonamides is 1. The van der Waals surface area contributed by atoms with Gasteiger partial charge >= 0.3 is 0 Å². The van der Waals surface area contributed by atoms with E-state index in [4.69, 9.17) is 5.73 Å². The molecule has 1 aromatic rings. The van der Waals surface area contributed by atoms with Gasteiger partial charge < -0.3 is 10.6 Å². The van der Waals surface area contributed by atoms with Crippen molar-refractivity contribution >= 4 is 15.7 Å². The summed E-state index contributed by atoms with van der Waals surface area (Å²) in [5.41, 5.74) is 7.99. The molecule has 1 atom stereocenters. The van der Waals surface area contributed by atoms with Gasteiger partial charge in [-0.1, -0.05) is 0 Å². The molecule has 0 aromatic heterocycles. The lowest BCUT2D eigenvalue weighted by Crippen LogP contribution is -2.38. The van der Waals surface area contributed by atoms with Crippen molar-refractivity contribution in [2.75, 3.05) is 26.4 Å². The molecule has 0 amide bonds.